The van der Waals surface area contributed by atoms with E-state index in [1.54, 1.807) is 34.1 Å². The molecule has 0 aromatic heterocycles. The summed E-state index contributed by atoms with van der Waals surface area (Å²) in [6.07, 6.45) is 1.13. The van der Waals surface area contributed by atoms with E-state index in [4.69, 9.17) is 4.74 Å². The molecular weight excluding hydrogens is 401 g/mol. The predicted octanol–water partition coefficient (Wildman–Crippen LogP) is 2.54. The monoisotopic (exact) mass is 425 g/mol. The Morgan fingerprint density at radius 2 is 1.55 bits per heavy atom. The summed E-state index contributed by atoms with van der Waals surface area (Å²) in [6.45, 7) is 2.19. The zero-order chi connectivity index (χ0) is 21.8. The lowest BCUT2D eigenvalue weighted by atomic mass is 10.1. The molecular formula is C23H24FN3O4. The molecule has 4 rings (SSSR count). The van der Waals surface area contributed by atoms with Gasteiger partial charge in [-0.3, -0.25) is 14.4 Å². The van der Waals surface area contributed by atoms with Crippen LogP contribution in [0.25, 0.3) is 0 Å². The highest BCUT2D eigenvalue weighted by Crippen LogP contribution is 2.18. The van der Waals surface area contributed by atoms with Gasteiger partial charge in [0.2, 0.25) is 0 Å². The van der Waals surface area contributed by atoms with Gasteiger partial charge in [0.1, 0.15) is 11.9 Å². The summed E-state index contributed by atoms with van der Waals surface area (Å²) in [5.74, 6) is -0.913. The Labute approximate surface area is 179 Å². The molecule has 2 aromatic rings. The minimum Gasteiger partial charge on any atom is -0.368 e. The molecule has 0 aliphatic carbocycles. The highest BCUT2D eigenvalue weighted by atomic mass is 19.1. The third-order valence-electron chi connectivity index (χ3n) is 5.54. The number of anilines is 1. The van der Waals surface area contributed by atoms with Gasteiger partial charge in [0.05, 0.1) is 0 Å². The molecule has 2 aliphatic heterocycles. The van der Waals surface area contributed by atoms with Crippen LogP contribution in [0.1, 0.15) is 33.6 Å². The normalized spacial score (nSPS) is 18.7. The highest BCUT2D eigenvalue weighted by molar-refractivity contribution is 5.98. The van der Waals surface area contributed by atoms with Crippen LogP contribution >= 0.6 is 0 Å². The number of benzene rings is 2. The summed E-state index contributed by atoms with van der Waals surface area (Å²) >= 11 is 0. The second kappa shape index (κ2) is 9.26. The number of rotatable bonds is 4. The standard InChI is InChI=1S/C23H24FN3O4/c24-18-8-6-16(7-9-18)22(29)26-10-12-27(13-11-26)23(30)17-3-1-4-19(15-17)25-21(28)20-5-2-14-31-20/h1,3-4,6-9,15,20H,2,5,10-14H2,(H,25,28). The summed E-state index contributed by atoms with van der Waals surface area (Å²) in [4.78, 5) is 41.1. The second-order valence-electron chi connectivity index (χ2n) is 7.66. The Morgan fingerprint density at radius 3 is 2.16 bits per heavy atom. The molecule has 2 aliphatic rings. The van der Waals surface area contributed by atoms with Crippen molar-refractivity contribution in [2.75, 3.05) is 38.1 Å². The molecule has 2 fully saturated rings. The van der Waals surface area contributed by atoms with E-state index >= 15 is 0 Å². The topological polar surface area (TPSA) is 79.0 Å². The number of halogens is 1. The first-order valence-electron chi connectivity index (χ1n) is 10.4. The van der Waals surface area contributed by atoms with Crippen LogP contribution < -0.4 is 5.32 Å². The van der Waals surface area contributed by atoms with Gasteiger partial charge in [0.25, 0.3) is 17.7 Å². The number of hydrogen-bond acceptors (Lipinski definition) is 4. The first-order chi connectivity index (χ1) is 15.0. The SMILES string of the molecule is O=C(Nc1cccc(C(=O)N2CCN(C(=O)c3ccc(F)cc3)CC2)c1)C1CCCO1. The molecule has 0 bridgehead atoms. The maximum atomic E-state index is 13.1. The first-order valence-corrected chi connectivity index (χ1v) is 10.4. The molecule has 1 atom stereocenters. The molecule has 8 heteroatoms. The zero-order valence-electron chi connectivity index (χ0n) is 17.1. The molecule has 1 N–H and O–H groups in total. The molecule has 2 heterocycles. The number of nitrogens with zero attached hydrogens (tertiary/aromatic N) is 2. The Balaban J connectivity index is 1.34. The molecule has 0 saturated carbocycles. The molecule has 0 radical (unpaired) electrons. The smallest absolute Gasteiger partial charge is 0.254 e. The molecule has 1 unspecified atom stereocenters. The number of carbonyl (C=O) groups is 3. The minimum atomic E-state index is -0.439. The first kappa shape index (κ1) is 21.0. The lowest BCUT2D eigenvalue weighted by molar-refractivity contribution is -0.124. The van der Waals surface area contributed by atoms with Gasteiger partial charge in [-0.1, -0.05) is 6.07 Å². The zero-order valence-corrected chi connectivity index (χ0v) is 17.1. The Kier molecular flexibility index (Phi) is 6.27. The van der Waals surface area contributed by atoms with Crippen LogP contribution in [-0.2, 0) is 9.53 Å². The molecule has 2 saturated heterocycles. The second-order valence-corrected chi connectivity index (χ2v) is 7.66. The third-order valence-corrected chi connectivity index (χ3v) is 5.54. The van der Waals surface area contributed by atoms with E-state index in [1.165, 1.54) is 24.3 Å². The van der Waals surface area contributed by atoms with Gasteiger partial charge in [-0.25, -0.2) is 4.39 Å². The summed E-state index contributed by atoms with van der Waals surface area (Å²) in [5, 5.41) is 2.81. The molecule has 3 amide bonds. The maximum absolute atomic E-state index is 13.1. The number of ether oxygens (including phenoxy) is 1. The lowest BCUT2D eigenvalue weighted by Gasteiger charge is -2.35. The van der Waals surface area contributed by atoms with Crippen LogP contribution in [0.2, 0.25) is 0 Å². The Bertz CT molecular complexity index is 965. The van der Waals surface area contributed by atoms with Crippen molar-refractivity contribution in [3.63, 3.8) is 0 Å². The number of amides is 3. The van der Waals surface area contributed by atoms with Gasteiger partial charge >= 0.3 is 0 Å². The van der Waals surface area contributed by atoms with Gasteiger partial charge < -0.3 is 19.9 Å². The van der Waals surface area contributed by atoms with Crippen molar-refractivity contribution in [1.82, 2.24) is 9.80 Å². The average Bonchev–Trinajstić information content (AvgIpc) is 3.34. The Morgan fingerprint density at radius 1 is 0.903 bits per heavy atom. The van der Waals surface area contributed by atoms with Crippen LogP contribution in [0, 0.1) is 5.82 Å². The predicted molar refractivity (Wildman–Crippen MR) is 112 cm³/mol. The van der Waals surface area contributed by atoms with E-state index in [2.05, 4.69) is 5.32 Å². The van der Waals surface area contributed by atoms with Crippen molar-refractivity contribution in [3.8, 4) is 0 Å². The summed E-state index contributed by atoms with van der Waals surface area (Å²) < 4.78 is 18.5. The summed E-state index contributed by atoms with van der Waals surface area (Å²) in [5.41, 5.74) is 1.45. The van der Waals surface area contributed by atoms with E-state index in [0.29, 0.717) is 56.0 Å². The van der Waals surface area contributed by atoms with E-state index in [9.17, 15) is 18.8 Å². The third kappa shape index (κ3) is 4.91. The maximum Gasteiger partial charge on any atom is 0.254 e. The number of nitrogens with one attached hydrogen (secondary N) is 1. The molecule has 2 aromatic carbocycles. The van der Waals surface area contributed by atoms with Gasteiger partial charge in [0.15, 0.2) is 0 Å². The van der Waals surface area contributed by atoms with Crippen molar-refractivity contribution in [2.24, 2.45) is 0 Å². The average molecular weight is 425 g/mol. The lowest BCUT2D eigenvalue weighted by Crippen LogP contribution is -2.50. The fourth-order valence-electron chi connectivity index (χ4n) is 3.81. The molecule has 0 spiro atoms. The quantitative estimate of drug-likeness (QED) is 0.817. The van der Waals surface area contributed by atoms with Crippen molar-refractivity contribution in [2.45, 2.75) is 18.9 Å². The van der Waals surface area contributed by atoms with Crippen LogP contribution in [0.3, 0.4) is 0 Å². The van der Waals surface area contributed by atoms with E-state index in [1.807, 2.05) is 0 Å². The van der Waals surface area contributed by atoms with E-state index in [0.717, 1.165) is 6.42 Å². The minimum absolute atomic E-state index is 0.151. The van der Waals surface area contributed by atoms with Crippen LogP contribution in [0.5, 0.6) is 0 Å². The van der Waals surface area contributed by atoms with Gasteiger partial charge in [-0.15, -0.1) is 0 Å². The van der Waals surface area contributed by atoms with Gasteiger partial charge in [-0.05, 0) is 55.3 Å². The summed E-state index contributed by atoms with van der Waals surface area (Å²) in [7, 11) is 0. The van der Waals surface area contributed by atoms with Crippen LogP contribution in [0.4, 0.5) is 10.1 Å². The van der Waals surface area contributed by atoms with Gasteiger partial charge in [-0.2, -0.15) is 0 Å². The summed E-state index contributed by atoms with van der Waals surface area (Å²) in [6, 6.07) is 12.3. The van der Waals surface area contributed by atoms with Crippen molar-refractivity contribution >= 4 is 23.4 Å². The highest BCUT2D eigenvalue weighted by Gasteiger charge is 2.26. The molecule has 162 valence electrons. The number of carbonyl (C=O) groups excluding carboxylic acids is 3. The molecule has 7 nitrogen and oxygen atoms in total. The number of hydrogen-bond donors (Lipinski definition) is 1. The largest absolute Gasteiger partial charge is 0.368 e. The molecule has 31 heavy (non-hydrogen) atoms. The van der Waals surface area contributed by atoms with Crippen molar-refractivity contribution < 1.29 is 23.5 Å². The van der Waals surface area contributed by atoms with Crippen molar-refractivity contribution in [3.05, 3.63) is 65.5 Å². The van der Waals surface area contributed by atoms with Crippen molar-refractivity contribution in [1.29, 1.82) is 0 Å². The number of piperazine rings is 1. The van der Waals surface area contributed by atoms with E-state index in [-0.39, 0.29) is 23.5 Å². The fraction of sp³-hybridized carbons (Fsp3) is 0.348. The fourth-order valence-corrected chi connectivity index (χ4v) is 3.81. The van der Waals surface area contributed by atoms with Crippen LogP contribution in [-0.4, -0.2) is 66.4 Å². The Hall–Kier alpha value is -3.26. The van der Waals surface area contributed by atoms with Crippen LogP contribution in [0.15, 0.2) is 48.5 Å². The van der Waals surface area contributed by atoms with E-state index < -0.39 is 6.10 Å². The van der Waals surface area contributed by atoms with Gasteiger partial charge in [0, 0.05) is 49.6 Å².